The molecule has 0 spiro atoms. The Labute approximate surface area is 174 Å². The van der Waals surface area contributed by atoms with E-state index in [9.17, 15) is 13.2 Å². The number of anilines is 1. The van der Waals surface area contributed by atoms with Gasteiger partial charge in [-0.05, 0) is 66.9 Å². The van der Waals surface area contributed by atoms with Crippen LogP contribution in [0.1, 0.15) is 28.2 Å². The second kappa shape index (κ2) is 8.67. The molecular formula is C21H22N2O4S2. The molecule has 3 aromatic rings. The Balaban J connectivity index is 1.73. The number of hydrogen-bond acceptors (Lipinski definition) is 5. The van der Waals surface area contributed by atoms with Crippen LogP contribution in [0, 0.1) is 0 Å². The smallest absolute Gasteiger partial charge is 0.261 e. The molecule has 2 aromatic carbocycles. The van der Waals surface area contributed by atoms with Crippen LogP contribution >= 0.6 is 11.3 Å². The third-order valence-electron chi connectivity index (χ3n) is 4.61. The number of amides is 1. The van der Waals surface area contributed by atoms with Gasteiger partial charge in [0.25, 0.3) is 15.9 Å². The van der Waals surface area contributed by atoms with E-state index in [4.69, 9.17) is 4.74 Å². The average Bonchev–Trinajstić information content (AvgIpc) is 3.27. The number of ether oxygens (including phenoxy) is 1. The van der Waals surface area contributed by atoms with Crippen molar-refractivity contribution in [2.45, 2.75) is 17.9 Å². The van der Waals surface area contributed by atoms with Crippen LogP contribution in [-0.2, 0) is 10.0 Å². The van der Waals surface area contributed by atoms with Gasteiger partial charge in [-0.25, -0.2) is 8.42 Å². The first kappa shape index (κ1) is 20.9. The third-order valence-corrected chi connectivity index (χ3v) is 7.05. The number of nitrogens with zero attached hydrogens (tertiary/aromatic N) is 1. The molecule has 1 atom stereocenters. The molecule has 0 aliphatic rings. The Morgan fingerprint density at radius 1 is 1.07 bits per heavy atom. The molecule has 1 aromatic heterocycles. The van der Waals surface area contributed by atoms with Gasteiger partial charge in [0, 0.05) is 23.2 Å². The highest BCUT2D eigenvalue weighted by molar-refractivity contribution is 7.92. The topological polar surface area (TPSA) is 75.7 Å². The van der Waals surface area contributed by atoms with Crippen molar-refractivity contribution in [3.8, 4) is 5.75 Å². The molecule has 29 heavy (non-hydrogen) atoms. The highest BCUT2D eigenvalue weighted by Gasteiger charge is 2.21. The zero-order chi connectivity index (χ0) is 21.0. The van der Waals surface area contributed by atoms with Crippen molar-refractivity contribution in [1.82, 2.24) is 4.90 Å². The van der Waals surface area contributed by atoms with Crippen molar-refractivity contribution in [3.05, 3.63) is 76.5 Å². The molecule has 3 rings (SSSR count). The van der Waals surface area contributed by atoms with E-state index >= 15 is 0 Å². The second-order valence-corrected chi connectivity index (χ2v) is 9.13. The minimum absolute atomic E-state index is 0.0670. The molecule has 1 unspecified atom stereocenters. The molecule has 0 aliphatic carbocycles. The molecule has 0 fully saturated rings. The van der Waals surface area contributed by atoms with Gasteiger partial charge in [-0.3, -0.25) is 9.52 Å². The largest absolute Gasteiger partial charge is 0.497 e. The molecule has 1 N–H and O–H groups in total. The maximum absolute atomic E-state index is 12.7. The van der Waals surface area contributed by atoms with Crippen molar-refractivity contribution < 1.29 is 17.9 Å². The predicted octanol–water partition coefficient (Wildman–Crippen LogP) is 4.39. The number of carbonyl (C=O) groups is 1. The molecule has 0 saturated heterocycles. The number of carbonyl (C=O) groups excluding carboxylic acids is 1. The summed E-state index contributed by atoms with van der Waals surface area (Å²) in [4.78, 5) is 15.6. The number of sulfonamides is 1. The summed E-state index contributed by atoms with van der Waals surface area (Å²) in [6.45, 7) is 1.96. The van der Waals surface area contributed by atoms with Crippen molar-refractivity contribution in [2.24, 2.45) is 0 Å². The average molecular weight is 431 g/mol. The van der Waals surface area contributed by atoms with Crippen LogP contribution in [0.25, 0.3) is 0 Å². The first-order valence-electron chi connectivity index (χ1n) is 8.89. The fourth-order valence-electron chi connectivity index (χ4n) is 2.75. The van der Waals surface area contributed by atoms with Crippen molar-refractivity contribution >= 4 is 33.0 Å². The van der Waals surface area contributed by atoms with Gasteiger partial charge in [0.15, 0.2) is 0 Å². The lowest BCUT2D eigenvalue weighted by Crippen LogP contribution is -2.29. The quantitative estimate of drug-likeness (QED) is 0.603. The monoisotopic (exact) mass is 430 g/mol. The van der Waals surface area contributed by atoms with Crippen LogP contribution in [0.5, 0.6) is 5.75 Å². The number of nitrogens with one attached hydrogen (secondary N) is 1. The summed E-state index contributed by atoms with van der Waals surface area (Å²) in [6.07, 6.45) is 0. The van der Waals surface area contributed by atoms with Crippen LogP contribution in [-0.4, -0.2) is 33.4 Å². The molecule has 0 bridgehead atoms. The lowest BCUT2D eigenvalue weighted by Gasteiger charge is -2.24. The van der Waals surface area contributed by atoms with E-state index in [1.54, 1.807) is 54.7 Å². The summed E-state index contributed by atoms with van der Waals surface area (Å²) in [6, 6.07) is 16.4. The van der Waals surface area contributed by atoms with E-state index in [1.807, 2.05) is 24.4 Å². The number of methoxy groups -OCH3 is 1. The molecule has 1 heterocycles. The Hall–Kier alpha value is -2.84. The van der Waals surface area contributed by atoms with Gasteiger partial charge in [0.05, 0.1) is 18.0 Å². The van der Waals surface area contributed by atoms with Gasteiger partial charge in [0.2, 0.25) is 0 Å². The number of benzene rings is 2. The number of rotatable bonds is 7. The van der Waals surface area contributed by atoms with E-state index in [0.717, 1.165) is 4.88 Å². The molecule has 152 valence electrons. The number of thiophene rings is 1. The Morgan fingerprint density at radius 3 is 2.28 bits per heavy atom. The minimum Gasteiger partial charge on any atom is -0.497 e. The fourth-order valence-corrected chi connectivity index (χ4v) is 4.63. The molecule has 0 saturated carbocycles. The van der Waals surface area contributed by atoms with E-state index in [1.165, 1.54) is 24.3 Å². The highest BCUT2D eigenvalue weighted by atomic mass is 32.2. The fraction of sp³-hybridized carbons (Fsp3) is 0.190. The van der Waals surface area contributed by atoms with E-state index in [-0.39, 0.29) is 16.8 Å². The van der Waals surface area contributed by atoms with Crippen LogP contribution in [0.2, 0.25) is 0 Å². The maximum atomic E-state index is 12.7. The summed E-state index contributed by atoms with van der Waals surface area (Å²) < 4.78 is 32.8. The Kier molecular flexibility index (Phi) is 6.24. The predicted molar refractivity (Wildman–Crippen MR) is 115 cm³/mol. The first-order chi connectivity index (χ1) is 13.8. The van der Waals surface area contributed by atoms with Crippen LogP contribution < -0.4 is 9.46 Å². The molecule has 8 heteroatoms. The second-order valence-electron chi connectivity index (χ2n) is 6.47. The SMILES string of the molecule is COc1ccc(NS(=O)(=O)c2ccc(C(=O)N(C)C(C)c3cccs3)cc2)cc1. The van der Waals surface area contributed by atoms with Gasteiger partial charge in [-0.1, -0.05) is 6.07 Å². The van der Waals surface area contributed by atoms with Gasteiger partial charge in [-0.15, -0.1) is 11.3 Å². The van der Waals surface area contributed by atoms with E-state index < -0.39 is 10.0 Å². The maximum Gasteiger partial charge on any atom is 0.261 e. The standard InChI is InChI=1S/C21H22N2O4S2/c1-15(20-5-4-14-28-20)23(2)21(24)16-6-12-19(13-7-16)29(25,26)22-17-8-10-18(27-3)11-9-17/h4-15,22H,1-3H3. The highest BCUT2D eigenvalue weighted by Crippen LogP contribution is 2.25. The summed E-state index contributed by atoms with van der Waals surface area (Å²) in [5, 5.41) is 1.97. The van der Waals surface area contributed by atoms with Gasteiger partial charge >= 0.3 is 0 Å². The van der Waals surface area contributed by atoms with Crippen molar-refractivity contribution in [1.29, 1.82) is 0 Å². The van der Waals surface area contributed by atoms with E-state index in [0.29, 0.717) is 17.0 Å². The third kappa shape index (κ3) is 4.78. The minimum atomic E-state index is -3.76. The summed E-state index contributed by atoms with van der Waals surface area (Å²) in [5.74, 6) is 0.467. The molecule has 6 nitrogen and oxygen atoms in total. The Morgan fingerprint density at radius 2 is 1.72 bits per heavy atom. The Bertz CT molecular complexity index is 1060. The molecular weight excluding hydrogens is 408 g/mol. The normalized spacial score (nSPS) is 12.2. The van der Waals surface area contributed by atoms with Crippen molar-refractivity contribution in [3.63, 3.8) is 0 Å². The lowest BCUT2D eigenvalue weighted by atomic mass is 10.1. The molecule has 0 aliphatic heterocycles. The van der Waals surface area contributed by atoms with Crippen LogP contribution in [0.4, 0.5) is 5.69 Å². The molecule has 0 radical (unpaired) electrons. The van der Waals surface area contributed by atoms with Gasteiger partial charge in [0.1, 0.15) is 5.75 Å². The first-order valence-corrected chi connectivity index (χ1v) is 11.3. The summed E-state index contributed by atoms with van der Waals surface area (Å²) in [7, 11) is -0.480. The van der Waals surface area contributed by atoms with Gasteiger partial charge < -0.3 is 9.64 Å². The van der Waals surface area contributed by atoms with Crippen molar-refractivity contribution in [2.75, 3.05) is 18.9 Å². The van der Waals surface area contributed by atoms with E-state index in [2.05, 4.69) is 4.72 Å². The zero-order valence-electron chi connectivity index (χ0n) is 16.3. The molecule has 1 amide bonds. The van der Waals surface area contributed by atoms with Crippen LogP contribution in [0.3, 0.4) is 0 Å². The summed E-state index contributed by atoms with van der Waals surface area (Å²) >= 11 is 1.59. The zero-order valence-corrected chi connectivity index (χ0v) is 18.0. The summed E-state index contributed by atoms with van der Waals surface area (Å²) in [5.41, 5.74) is 0.856. The number of hydrogen-bond donors (Lipinski definition) is 1. The van der Waals surface area contributed by atoms with Gasteiger partial charge in [-0.2, -0.15) is 0 Å². The lowest BCUT2D eigenvalue weighted by molar-refractivity contribution is 0.0745. The van der Waals surface area contributed by atoms with Crippen LogP contribution in [0.15, 0.2) is 70.9 Å².